The lowest BCUT2D eigenvalue weighted by molar-refractivity contribution is 0.0740. The Morgan fingerprint density at radius 2 is 2.17 bits per heavy atom. The summed E-state index contributed by atoms with van der Waals surface area (Å²) in [6.07, 6.45) is 3.18. The fourth-order valence-corrected chi connectivity index (χ4v) is 2.66. The minimum Gasteiger partial charge on any atom is -0.506 e. The van der Waals surface area contributed by atoms with Crippen molar-refractivity contribution in [2.75, 3.05) is 6.54 Å². The molecule has 0 saturated carbocycles. The molecule has 2 heterocycles. The number of carbonyl (C=O) groups is 1. The van der Waals surface area contributed by atoms with Gasteiger partial charge in [0.1, 0.15) is 11.4 Å². The Balaban J connectivity index is 2.35. The van der Waals surface area contributed by atoms with Crippen LogP contribution >= 0.6 is 11.6 Å². The zero-order chi connectivity index (χ0) is 17.1. The van der Waals surface area contributed by atoms with E-state index >= 15 is 0 Å². The van der Waals surface area contributed by atoms with Gasteiger partial charge in [-0.15, -0.1) is 0 Å². The van der Waals surface area contributed by atoms with E-state index in [1.54, 1.807) is 35.7 Å². The predicted molar refractivity (Wildman–Crippen MR) is 87.4 cm³/mol. The van der Waals surface area contributed by atoms with Crippen LogP contribution in [0.3, 0.4) is 0 Å². The number of aromatic hydroxyl groups is 1. The Morgan fingerprint density at radius 3 is 2.70 bits per heavy atom. The third-order valence-electron chi connectivity index (χ3n) is 3.81. The lowest BCUT2D eigenvalue weighted by Gasteiger charge is -2.23. The number of amides is 1. The highest BCUT2D eigenvalue weighted by molar-refractivity contribution is 6.31. The van der Waals surface area contributed by atoms with Crippen LogP contribution in [0.4, 0.5) is 0 Å². The molecule has 124 valence electrons. The Morgan fingerprint density at radius 1 is 1.48 bits per heavy atom. The fraction of sp³-hybridized carbons (Fsp3) is 0.375. The van der Waals surface area contributed by atoms with Crippen molar-refractivity contribution in [1.82, 2.24) is 14.5 Å². The molecule has 1 amide bonds. The number of carbonyl (C=O) groups excluding carboxylic acids is 1. The molecular formula is C16H20ClN3O3. The van der Waals surface area contributed by atoms with Crippen LogP contribution in [0.2, 0.25) is 5.02 Å². The SMILES string of the molecule is CCN(Cc1c(CO)cnc(C)c1O)C(=O)c1cc(Cl)cn1C. The maximum Gasteiger partial charge on any atom is 0.270 e. The molecule has 2 N–H and O–H groups in total. The van der Waals surface area contributed by atoms with E-state index < -0.39 is 0 Å². The Kier molecular flexibility index (Phi) is 5.28. The van der Waals surface area contributed by atoms with Crippen LogP contribution in [0.15, 0.2) is 18.5 Å². The summed E-state index contributed by atoms with van der Waals surface area (Å²) in [5, 5.41) is 20.2. The number of rotatable bonds is 5. The van der Waals surface area contributed by atoms with E-state index in [1.165, 1.54) is 6.20 Å². The van der Waals surface area contributed by atoms with E-state index in [0.717, 1.165) is 0 Å². The number of aliphatic hydroxyl groups excluding tert-OH is 1. The van der Waals surface area contributed by atoms with Gasteiger partial charge in [-0.3, -0.25) is 9.78 Å². The molecule has 0 saturated heterocycles. The second-order valence-electron chi connectivity index (χ2n) is 5.33. The number of aromatic nitrogens is 2. The normalized spacial score (nSPS) is 10.8. The van der Waals surface area contributed by atoms with Gasteiger partial charge in [0, 0.05) is 37.1 Å². The molecule has 2 aromatic heterocycles. The molecule has 0 aliphatic rings. The molecule has 0 spiro atoms. The summed E-state index contributed by atoms with van der Waals surface area (Å²) >= 11 is 5.94. The molecule has 0 aromatic carbocycles. The number of hydrogen-bond donors (Lipinski definition) is 2. The summed E-state index contributed by atoms with van der Waals surface area (Å²) in [4.78, 5) is 18.3. The molecule has 7 heteroatoms. The van der Waals surface area contributed by atoms with Gasteiger partial charge < -0.3 is 19.7 Å². The van der Waals surface area contributed by atoms with Gasteiger partial charge in [0.15, 0.2) is 0 Å². The van der Waals surface area contributed by atoms with Crippen molar-refractivity contribution < 1.29 is 15.0 Å². The summed E-state index contributed by atoms with van der Waals surface area (Å²) < 4.78 is 1.66. The van der Waals surface area contributed by atoms with Crippen molar-refractivity contribution in [1.29, 1.82) is 0 Å². The van der Waals surface area contributed by atoms with Crippen molar-refractivity contribution in [2.45, 2.75) is 27.0 Å². The van der Waals surface area contributed by atoms with Crippen LogP contribution in [0.25, 0.3) is 0 Å². The molecule has 0 radical (unpaired) electrons. The average molecular weight is 338 g/mol. The van der Waals surface area contributed by atoms with Gasteiger partial charge in [-0.25, -0.2) is 0 Å². The van der Waals surface area contributed by atoms with Gasteiger partial charge in [0.2, 0.25) is 0 Å². The zero-order valence-corrected chi connectivity index (χ0v) is 14.1. The van der Waals surface area contributed by atoms with Gasteiger partial charge >= 0.3 is 0 Å². The standard InChI is InChI=1S/C16H20ClN3O3/c1-4-20(16(23)14-5-12(17)7-19(14)3)8-13-11(9-21)6-18-10(2)15(13)22/h5-7,21-22H,4,8-9H2,1-3H3. The van der Waals surface area contributed by atoms with Gasteiger partial charge in [-0.2, -0.15) is 0 Å². The first-order chi connectivity index (χ1) is 10.9. The van der Waals surface area contributed by atoms with Gasteiger partial charge in [0.05, 0.1) is 23.9 Å². The van der Waals surface area contributed by atoms with Gasteiger partial charge in [-0.05, 0) is 19.9 Å². The fourth-order valence-electron chi connectivity index (χ4n) is 2.41. The van der Waals surface area contributed by atoms with Crippen molar-refractivity contribution in [3.05, 3.63) is 46.0 Å². The minimum atomic E-state index is -0.252. The van der Waals surface area contributed by atoms with Crippen LogP contribution < -0.4 is 0 Å². The molecule has 0 aliphatic heterocycles. The van der Waals surface area contributed by atoms with Crippen LogP contribution in [0.1, 0.15) is 34.2 Å². The van der Waals surface area contributed by atoms with E-state index in [2.05, 4.69) is 4.98 Å². The van der Waals surface area contributed by atoms with Crippen molar-refractivity contribution >= 4 is 17.5 Å². The second-order valence-corrected chi connectivity index (χ2v) is 5.76. The lowest BCUT2D eigenvalue weighted by atomic mass is 10.1. The third-order valence-corrected chi connectivity index (χ3v) is 4.02. The largest absolute Gasteiger partial charge is 0.506 e. The van der Waals surface area contributed by atoms with E-state index in [0.29, 0.717) is 34.1 Å². The van der Waals surface area contributed by atoms with E-state index in [1.807, 2.05) is 6.92 Å². The molecule has 2 rings (SSSR count). The topological polar surface area (TPSA) is 78.6 Å². The molecule has 0 fully saturated rings. The Hall–Kier alpha value is -2.05. The highest BCUT2D eigenvalue weighted by atomic mass is 35.5. The van der Waals surface area contributed by atoms with Gasteiger partial charge in [0.25, 0.3) is 5.91 Å². The summed E-state index contributed by atoms with van der Waals surface area (Å²) in [5.74, 6) is -0.188. The van der Waals surface area contributed by atoms with Crippen LogP contribution in [0, 0.1) is 6.92 Å². The number of pyridine rings is 1. The smallest absolute Gasteiger partial charge is 0.270 e. The highest BCUT2D eigenvalue weighted by Crippen LogP contribution is 2.26. The number of aryl methyl sites for hydroxylation is 2. The summed E-state index contributed by atoms with van der Waals surface area (Å²) in [6, 6.07) is 1.61. The molecule has 0 aliphatic carbocycles. The number of aliphatic hydroxyl groups is 1. The Labute approximate surface area is 139 Å². The molecule has 23 heavy (non-hydrogen) atoms. The minimum absolute atomic E-state index is 0.00714. The molecule has 2 aromatic rings. The van der Waals surface area contributed by atoms with Gasteiger partial charge in [-0.1, -0.05) is 11.6 Å². The first-order valence-corrected chi connectivity index (χ1v) is 7.65. The van der Waals surface area contributed by atoms with E-state index in [4.69, 9.17) is 11.6 Å². The van der Waals surface area contributed by atoms with Crippen molar-refractivity contribution in [3.63, 3.8) is 0 Å². The van der Waals surface area contributed by atoms with Crippen LogP contribution in [-0.4, -0.2) is 37.1 Å². The monoisotopic (exact) mass is 337 g/mol. The summed E-state index contributed by atoms with van der Waals surface area (Å²) in [7, 11) is 1.75. The van der Waals surface area contributed by atoms with Crippen LogP contribution in [0.5, 0.6) is 5.75 Å². The number of nitrogens with zero attached hydrogens (tertiary/aromatic N) is 3. The predicted octanol–water partition coefficient (Wildman–Crippen LogP) is 2.24. The maximum atomic E-state index is 12.7. The molecule has 6 nitrogen and oxygen atoms in total. The quantitative estimate of drug-likeness (QED) is 0.877. The second kappa shape index (κ2) is 7.02. The first kappa shape index (κ1) is 17.3. The number of hydrogen-bond acceptors (Lipinski definition) is 4. The molecule has 0 unspecified atom stereocenters. The van der Waals surface area contributed by atoms with E-state index in [-0.39, 0.29) is 24.8 Å². The number of halogens is 1. The first-order valence-electron chi connectivity index (χ1n) is 7.27. The molecule has 0 bridgehead atoms. The molecular weight excluding hydrogens is 318 g/mol. The summed E-state index contributed by atoms with van der Waals surface area (Å²) in [5.41, 5.74) is 1.94. The third kappa shape index (κ3) is 3.48. The van der Waals surface area contributed by atoms with E-state index in [9.17, 15) is 15.0 Å². The highest BCUT2D eigenvalue weighted by Gasteiger charge is 2.21. The average Bonchev–Trinajstić information content (AvgIpc) is 2.86. The van der Waals surface area contributed by atoms with Crippen molar-refractivity contribution in [3.8, 4) is 5.75 Å². The Bertz CT molecular complexity index is 728. The van der Waals surface area contributed by atoms with Crippen molar-refractivity contribution in [2.24, 2.45) is 7.05 Å². The lowest BCUT2D eigenvalue weighted by Crippen LogP contribution is -2.32. The maximum absolute atomic E-state index is 12.7. The molecule has 0 atom stereocenters. The zero-order valence-electron chi connectivity index (χ0n) is 13.4. The summed E-state index contributed by atoms with van der Waals surface area (Å²) in [6.45, 7) is 3.91. The van der Waals surface area contributed by atoms with Crippen LogP contribution in [-0.2, 0) is 20.2 Å².